The molecule has 0 aliphatic carbocycles. The van der Waals surface area contributed by atoms with Crippen LogP contribution < -0.4 is 10.5 Å². The molecule has 1 aromatic heterocycles. The second kappa shape index (κ2) is 5.68. The third-order valence-corrected chi connectivity index (χ3v) is 4.56. The molecule has 0 saturated heterocycles. The highest BCUT2D eigenvalue weighted by atomic mass is 79.9. The molecule has 1 aromatic carbocycles. The molecule has 102 valence electrons. The van der Waals surface area contributed by atoms with Crippen LogP contribution in [0.1, 0.15) is 0 Å². The average Bonchev–Trinajstić information content (AvgIpc) is 2.85. The van der Waals surface area contributed by atoms with Gasteiger partial charge in [-0.05, 0) is 34.1 Å². The number of anilines is 1. The summed E-state index contributed by atoms with van der Waals surface area (Å²) in [6, 6.07) is 4.49. The highest BCUT2D eigenvalue weighted by molar-refractivity contribution is 9.10. The Labute approximate surface area is 119 Å². The van der Waals surface area contributed by atoms with E-state index in [0.717, 1.165) is 0 Å². The molecule has 9 heteroatoms. The van der Waals surface area contributed by atoms with Crippen LogP contribution in [0.15, 0.2) is 40.0 Å². The molecule has 0 aliphatic heterocycles. The molecule has 3 N–H and O–H groups in total. The Hall–Kier alpha value is -1.45. The second-order valence-electron chi connectivity index (χ2n) is 3.75. The minimum Gasteiger partial charge on any atom is -0.398 e. The van der Waals surface area contributed by atoms with E-state index in [-0.39, 0.29) is 11.4 Å². The first-order valence-corrected chi connectivity index (χ1v) is 7.65. The lowest BCUT2D eigenvalue weighted by Gasteiger charge is -2.08. The minimum absolute atomic E-state index is 0.131. The number of nitrogen functional groups attached to an aromatic ring is 1. The van der Waals surface area contributed by atoms with Gasteiger partial charge in [0.05, 0.1) is 17.6 Å². The van der Waals surface area contributed by atoms with E-state index in [9.17, 15) is 8.42 Å². The van der Waals surface area contributed by atoms with E-state index in [1.54, 1.807) is 16.9 Å². The van der Waals surface area contributed by atoms with E-state index in [0.29, 0.717) is 16.7 Å². The van der Waals surface area contributed by atoms with E-state index >= 15 is 0 Å². The zero-order valence-corrected chi connectivity index (χ0v) is 12.2. The van der Waals surface area contributed by atoms with Gasteiger partial charge in [0.1, 0.15) is 0 Å². The maximum Gasteiger partial charge on any atom is 0.240 e. The van der Waals surface area contributed by atoms with E-state index in [4.69, 9.17) is 5.73 Å². The van der Waals surface area contributed by atoms with Crippen LogP contribution in [0, 0.1) is 0 Å². The van der Waals surface area contributed by atoms with Gasteiger partial charge in [-0.25, -0.2) is 13.1 Å². The van der Waals surface area contributed by atoms with Crippen molar-refractivity contribution in [1.82, 2.24) is 19.7 Å². The normalized spacial score (nSPS) is 11.6. The first-order valence-electron chi connectivity index (χ1n) is 5.38. The smallest absolute Gasteiger partial charge is 0.240 e. The number of rotatable bonds is 5. The molecule has 1 heterocycles. The summed E-state index contributed by atoms with van der Waals surface area (Å²) in [5.41, 5.74) is 6.04. The summed E-state index contributed by atoms with van der Waals surface area (Å²) >= 11 is 3.22. The first kappa shape index (κ1) is 14.0. The van der Waals surface area contributed by atoms with E-state index in [1.807, 2.05) is 0 Å². The number of hydrogen-bond donors (Lipinski definition) is 2. The summed E-state index contributed by atoms with van der Waals surface area (Å²) in [4.78, 5) is 0.131. The molecule has 2 aromatic rings. The van der Waals surface area contributed by atoms with Crippen LogP contribution in [0.5, 0.6) is 0 Å². The van der Waals surface area contributed by atoms with Crippen LogP contribution in [0.25, 0.3) is 0 Å². The van der Waals surface area contributed by atoms with Crippen molar-refractivity contribution in [2.24, 2.45) is 0 Å². The van der Waals surface area contributed by atoms with Crippen molar-refractivity contribution in [3.63, 3.8) is 0 Å². The van der Waals surface area contributed by atoms with Crippen LogP contribution in [0.4, 0.5) is 5.69 Å². The molecule has 19 heavy (non-hydrogen) atoms. The standard InChI is InChI=1S/C10H12BrN5O2S/c11-9-2-1-8(7-10(9)12)19(17,18)14-4-6-16-5-3-13-15-16/h1-3,5,7,14H,4,6,12H2. The monoisotopic (exact) mass is 345 g/mol. The Balaban J connectivity index is 2.03. The van der Waals surface area contributed by atoms with Crippen molar-refractivity contribution >= 4 is 31.6 Å². The lowest BCUT2D eigenvalue weighted by Crippen LogP contribution is -2.27. The maximum absolute atomic E-state index is 12.0. The molecule has 7 nitrogen and oxygen atoms in total. The SMILES string of the molecule is Nc1cc(S(=O)(=O)NCCn2ccnn2)ccc1Br. The highest BCUT2D eigenvalue weighted by Crippen LogP contribution is 2.22. The van der Waals surface area contributed by atoms with Gasteiger partial charge in [-0.15, -0.1) is 5.10 Å². The van der Waals surface area contributed by atoms with E-state index < -0.39 is 10.0 Å². The molecule has 0 spiro atoms. The number of aromatic nitrogens is 3. The lowest BCUT2D eigenvalue weighted by atomic mass is 10.3. The van der Waals surface area contributed by atoms with Gasteiger partial charge >= 0.3 is 0 Å². The molecule has 0 aliphatic rings. The van der Waals surface area contributed by atoms with Crippen LogP contribution in [-0.4, -0.2) is 30.0 Å². The van der Waals surface area contributed by atoms with Gasteiger partial charge < -0.3 is 5.73 Å². The zero-order valence-electron chi connectivity index (χ0n) is 9.82. The van der Waals surface area contributed by atoms with Crippen molar-refractivity contribution in [3.8, 4) is 0 Å². The summed E-state index contributed by atoms with van der Waals surface area (Å²) in [6.45, 7) is 0.632. The fraction of sp³-hybridized carbons (Fsp3) is 0.200. The molecule has 0 atom stereocenters. The van der Waals surface area contributed by atoms with Crippen LogP contribution in [0.3, 0.4) is 0 Å². The second-order valence-corrected chi connectivity index (χ2v) is 6.37. The van der Waals surface area contributed by atoms with Crippen molar-refractivity contribution in [2.45, 2.75) is 11.4 Å². The molecule has 0 fully saturated rings. The Morgan fingerprint density at radius 1 is 1.42 bits per heavy atom. The predicted molar refractivity (Wildman–Crippen MR) is 73.8 cm³/mol. The lowest BCUT2D eigenvalue weighted by molar-refractivity contribution is 0.553. The topological polar surface area (TPSA) is 103 Å². The average molecular weight is 346 g/mol. The van der Waals surface area contributed by atoms with Gasteiger partial charge in [-0.3, -0.25) is 4.68 Å². The Morgan fingerprint density at radius 3 is 2.84 bits per heavy atom. The quantitative estimate of drug-likeness (QED) is 0.772. The van der Waals surface area contributed by atoms with Crippen LogP contribution in [-0.2, 0) is 16.6 Å². The number of nitrogens with one attached hydrogen (secondary N) is 1. The molecule has 0 radical (unpaired) electrons. The van der Waals surface area contributed by atoms with E-state index in [1.165, 1.54) is 18.3 Å². The van der Waals surface area contributed by atoms with Gasteiger partial charge in [0, 0.05) is 22.9 Å². The molecular formula is C10H12BrN5O2S. The number of benzene rings is 1. The summed E-state index contributed by atoms with van der Waals surface area (Å²) in [5.74, 6) is 0. The Morgan fingerprint density at radius 2 is 2.21 bits per heavy atom. The minimum atomic E-state index is -3.57. The summed E-state index contributed by atoms with van der Waals surface area (Å²) in [7, 11) is -3.57. The Kier molecular flexibility index (Phi) is 4.17. The van der Waals surface area contributed by atoms with Crippen LogP contribution >= 0.6 is 15.9 Å². The molecule has 2 rings (SSSR count). The number of hydrogen-bond acceptors (Lipinski definition) is 5. The third-order valence-electron chi connectivity index (χ3n) is 2.38. The van der Waals surface area contributed by atoms with Gasteiger partial charge in [-0.2, -0.15) is 0 Å². The third kappa shape index (κ3) is 3.52. The molecule has 0 amide bonds. The van der Waals surface area contributed by atoms with Crippen molar-refractivity contribution in [3.05, 3.63) is 35.1 Å². The van der Waals surface area contributed by atoms with E-state index in [2.05, 4.69) is 31.0 Å². The number of halogens is 1. The van der Waals surface area contributed by atoms with Gasteiger partial charge in [0.15, 0.2) is 0 Å². The molecule has 0 saturated carbocycles. The first-order chi connectivity index (χ1) is 8.99. The van der Waals surface area contributed by atoms with Gasteiger partial charge in [0.25, 0.3) is 0 Å². The summed E-state index contributed by atoms with van der Waals surface area (Å²) < 4.78 is 28.7. The maximum atomic E-state index is 12.0. The molecule has 0 unspecified atom stereocenters. The fourth-order valence-corrected chi connectivity index (χ4v) is 2.72. The number of sulfonamides is 1. The van der Waals surface area contributed by atoms with Gasteiger partial charge in [0.2, 0.25) is 10.0 Å². The van der Waals surface area contributed by atoms with Gasteiger partial charge in [-0.1, -0.05) is 5.21 Å². The van der Waals surface area contributed by atoms with Crippen molar-refractivity contribution in [2.75, 3.05) is 12.3 Å². The van der Waals surface area contributed by atoms with Crippen LogP contribution in [0.2, 0.25) is 0 Å². The largest absolute Gasteiger partial charge is 0.398 e. The summed E-state index contributed by atoms with van der Waals surface area (Å²) in [5, 5.41) is 7.37. The zero-order chi connectivity index (χ0) is 13.9. The van der Waals surface area contributed by atoms with Crippen molar-refractivity contribution in [1.29, 1.82) is 0 Å². The Bertz CT molecular complexity index is 657. The summed E-state index contributed by atoms with van der Waals surface area (Å²) in [6.07, 6.45) is 3.19. The molecule has 0 bridgehead atoms. The highest BCUT2D eigenvalue weighted by Gasteiger charge is 2.14. The molecular weight excluding hydrogens is 334 g/mol. The fourth-order valence-electron chi connectivity index (χ4n) is 1.42. The number of nitrogens with zero attached hydrogens (tertiary/aromatic N) is 3. The number of nitrogens with two attached hydrogens (primary N) is 1. The predicted octanol–water partition coefficient (Wildman–Crippen LogP) is 0.601. The van der Waals surface area contributed by atoms with Crippen molar-refractivity contribution < 1.29 is 8.42 Å².